The molecule has 268 valence electrons. The predicted octanol–water partition coefficient (Wildman–Crippen LogP) is 5.37. The Morgan fingerprint density at radius 2 is 1.51 bits per heavy atom. The first-order valence-corrected chi connectivity index (χ1v) is 16.5. The van der Waals surface area contributed by atoms with Crippen molar-refractivity contribution in [3.8, 4) is 16.9 Å². The average molecular weight is 742 g/mol. The van der Waals surface area contributed by atoms with Gasteiger partial charge in [0.15, 0.2) is 5.69 Å². The normalized spacial score (nSPS) is 13.6. The molecule has 16 heteroatoms. The SMILES string of the molecule is COC(=O)CNCc1c(F)cc(C(=O)Nc2cccc(-c3cccc(NC(=O)c4cc5n(n4)CCCC5NCC(=O)OC)c3Cl)c2Cl)cc1OC. The summed E-state index contributed by atoms with van der Waals surface area (Å²) in [4.78, 5) is 49.6. The maximum absolute atomic E-state index is 15.1. The van der Waals surface area contributed by atoms with Crippen molar-refractivity contribution in [2.75, 3.05) is 45.1 Å². The first-order valence-electron chi connectivity index (χ1n) is 15.8. The molecule has 0 bridgehead atoms. The number of carbonyl (C=O) groups excluding carboxylic acids is 4. The van der Waals surface area contributed by atoms with E-state index < -0.39 is 29.6 Å². The number of halogens is 3. The van der Waals surface area contributed by atoms with Gasteiger partial charge in [0.2, 0.25) is 0 Å². The van der Waals surface area contributed by atoms with Crippen molar-refractivity contribution in [3.63, 3.8) is 0 Å². The molecule has 4 aromatic rings. The molecule has 3 aromatic carbocycles. The second-order valence-electron chi connectivity index (χ2n) is 11.4. The van der Waals surface area contributed by atoms with Crippen LogP contribution in [0.1, 0.15) is 51.0 Å². The largest absolute Gasteiger partial charge is 0.496 e. The maximum Gasteiger partial charge on any atom is 0.319 e. The number of hydrogen-bond acceptors (Lipinski definition) is 10. The highest BCUT2D eigenvalue weighted by atomic mass is 35.5. The van der Waals surface area contributed by atoms with Crippen LogP contribution in [0.2, 0.25) is 10.0 Å². The van der Waals surface area contributed by atoms with Crippen LogP contribution in [0.25, 0.3) is 11.1 Å². The zero-order chi connectivity index (χ0) is 36.7. The van der Waals surface area contributed by atoms with Crippen molar-refractivity contribution in [2.45, 2.75) is 32.0 Å². The molecule has 0 saturated heterocycles. The fraction of sp³-hybridized carbons (Fsp3) is 0.286. The smallest absolute Gasteiger partial charge is 0.319 e. The van der Waals surface area contributed by atoms with Crippen molar-refractivity contribution in [1.29, 1.82) is 0 Å². The van der Waals surface area contributed by atoms with Gasteiger partial charge in [0.1, 0.15) is 11.6 Å². The Morgan fingerprint density at radius 3 is 2.14 bits per heavy atom. The minimum Gasteiger partial charge on any atom is -0.496 e. The van der Waals surface area contributed by atoms with E-state index in [4.69, 9.17) is 32.7 Å². The first-order chi connectivity index (χ1) is 24.5. The number of esters is 2. The van der Waals surface area contributed by atoms with Gasteiger partial charge in [-0.2, -0.15) is 5.10 Å². The summed E-state index contributed by atoms with van der Waals surface area (Å²) in [5.41, 5.74) is 2.53. The van der Waals surface area contributed by atoms with Crippen molar-refractivity contribution in [2.24, 2.45) is 0 Å². The Balaban J connectivity index is 1.32. The monoisotopic (exact) mass is 740 g/mol. The summed E-state index contributed by atoms with van der Waals surface area (Å²) in [6.45, 7) is 0.481. The van der Waals surface area contributed by atoms with E-state index >= 15 is 4.39 Å². The van der Waals surface area contributed by atoms with Crippen molar-refractivity contribution < 1.29 is 37.8 Å². The van der Waals surface area contributed by atoms with Gasteiger partial charge in [-0.05, 0) is 43.2 Å². The van der Waals surface area contributed by atoms with E-state index in [-0.39, 0.29) is 64.0 Å². The Bertz CT molecular complexity index is 1970. The van der Waals surface area contributed by atoms with Crippen LogP contribution in [0, 0.1) is 5.82 Å². The van der Waals surface area contributed by atoms with Crippen molar-refractivity contribution in [3.05, 3.63) is 93.0 Å². The summed E-state index contributed by atoms with van der Waals surface area (Å²) >= 11 is 13.6. The Hall–Kier alpha value is -5.02. The zero-order valence-electron chi connectivity index (χ0n) is 27.9. The van der Waals surface area contributed by atoms with Gasteiger partial charge in [0.25, 0.3) is 11.8 Å². The van der Waals surface area contributed by atoms with Crippen LogP contribution in [0.15, 0.2) is 54.6 Å². The second kappa shape index (κ2) is 16.8. The highest BCUT2D eigenvalue weighted by molar-refractivity contribution is 6.40. The summed E-state index contributed by atoms with van der Waals surface area (Å²) in [5, 5.41) is 16.3. The number of aromatic nitrogens is 2. The van der Waals surface area contributed by atoms with Crippen LogP contribution >= 0.6 is 23.2 Å². The number of fused-ring (bicyclic) bond motifs is 1. The van der Waals surface area contributed by atoms with E-state index in [2.05, 4.69) is 31.1 Å². The number of nitrogens with one attached hydrogen (secondary N) is 4. The minimum atomic E-state index is -0.715. The van der Waals surface area contributed by atoms with Crippen LogP contribution < -0.4 is 26.0 Å². The molecule has 0 spiro atoms. The molecule has 0 radical (unpaired) electrons. The van der Waals surface area contributed by atoms with Gasteiger partial charge in [-0.1, -0.05) is 47.5 Å². The number of anilines is 2. The lowest BCUT2D eigenvalue weighted by atomic mass is 10.0. The van der Waals surface area contributed by atoms with Gasteiger partial charge in [-0.15, -0.1) is 0 Å². The van der Waals surface area contributed by atoms with E-state index in [1.54, 1.807) is 47.1 Å². The van der Waals surface area contributed by atoms with Gasteiger partial charge in [0.05, 0.1) is 61.5 Å². The number of aryl methyl sites for hydroxylation is 1. The van der Waals surface area contributed by atoms with Crippen LogP contribution in [-0.4, -0.2) is 68.0 Å². The summed E-state index contributed by atoms with van der Waals surface area (Å²) < 4.78 is 31.4. The number of nitrogens with zero attached hydrogens (tertiary/aromatic N) is 2. The molecule has 1 aliphatic heterocycles. The Morgan fingerprint density at radius 1 is 0.882 bits per heavy atom. The average Bonchev–Trinajstić information content (AvgIpc) is 3.58. The number of benzene rings is 3. The molecule has 2 heterocycles. The number of carbonyl (C=O) groups is 4. The van der Waals surface area contributed by atoms with E-state index in [0.717, 1.165) is 24.6 Å². The number of methoxy groups -OCH3 is 3. The minimum absolute atomic E-state index is 0.0306. The molecule has 1 aliphatic rings. The van der Waals surface area contributed by atoms with E-state index in [1.165, 1.54) is 27.4 Å². The Labute approximate surface area is 302 Å². The third-order valence-electron chi connectivity index (χ3n) is 8.20. The van der Waals surface area contributed by atoms with Gasteiger partial charge >= 0.3 is 11.9 Å². The van der Waals surface area contributed by atoms with E-state index in [1.807, 2.05) is 0 Å². The lowest BCUT2D eigenvalue weighted by Crippen LogP contribution is -2.32. The molecular formula is C35H35Cl2FN6O7. The number of hydrogen-bond donors (Lipinski definition) is 4. The molecule has 13 nitrogen and oxygen atoms in total. The predicted molar refractivity (Wildman–Crippen MR) is 189 cm³/mol. The van der Waals surface area contributed by atoms with Crippen LogP contribution in [0.5, 0.6) is 5.75 Å². The molecular weight excluding hydrogens is 706 g/mol. The van der Waals surface area contributed by atoms with Crippen molar-refractivity contribution in [1.82, 2.24) is 20.4 Å². The molecule has 0 saturated carbocycles. The van der Waals surface area contributed by atoms with Crippen molar-refractivity contribution >= 4 is 58.3 Å². The third kappa shape index (κ3) is 8.66. The van der Waals surface area contributed by atoms with Gasteiger partial charge in [0, 0.05) is 41.4 Å². The number of amides is 2. The van der Waals surface area contributed by atoms with E-state index in [0.29, 0.717) is 23.4 Å². The Kier molecular flexibility index (Phi) is 12.3. The van der Waals surface area contributed by atoms with Crippen LogP contribution in [-0.2, 0) is 32.2 Å². The van der Waals surface area contributed by atoms with Crippen LogP contribution in [0.3, 0.4) is 0 Å². The topological polar surface area (TPSA) is 162 Å². The molecule has 4 N–H and O–H groups in total. The molecule has 0 fully saturated rings. The van der Waals surface area contributed by atoms with Crippen LogP contribution in [0.4, 0.5) is 15.8 Å². The quantitative estimate of drug-likeness (QED) is 0.131. The summed E-state index contributed by atoms with van der Waals surface area (Å²) in [5.74, 6) is -2.66. The maximum atomic E-state index is 15.1. The van der Waals surface area contributed by atoms with Gasteiger partial charge in [-0.3, -0.25) is 29.2 Å². The molecule has 5 rings (SSSR count). The number of ether oxygens (including phenoxy) is 3. The molecule has 1 aromatic heterocycles. The number of rotatable bonds is 13. The third-order valence-corrected chi connectivity index (χ3v) is 9.02. The fourth-order valence-electron chi connectivity index (χ4n) is 5.59. The second-order valence-corrected chi connectivity index (χ2v) is 12.1. The molecule has 51 heavy (non-hydrogen) atoms. The molecule has 1 atom stereocenters. The summed E-state index contributed by atoms with van der Waals surface area (Å²) in [6, 6.07) is 13.9. The lowest BCUT2D eigenvalue weighted by Gasteiger charge is -2.24. The highest BCUT2D eigenvalue weighted by Crippen LogP contribution is 2.40. The fourth-order valence-corrected chi connectivity index (χ4v) is 6.14. The highest BCUT2D eigenvalue weighted by Gasteiger charge is 2.26. The molecule has 2 amide bonds. The lowest BCUT2D eigenvalue weighted by molar-refractivity contribution is -0.140. The molecule has 0 aliphatic carbocycles. The van der Waals surface area contributed by atoms with E-state index in [9.17, 15) is 19.2 Å². The standard InChI is InChI=1S/C35H35Cl2FN6O7/c1-49-29-14-19(13-23(38)22(29)16-39-17-30(45)50-2)34(47)41-25-9-4-7-20(32(25)36)21-8-5-10-26(33(21)37)42-35(48)27-15-28-24(40-18-31(46)51-3)11-6-12-44(28)43-27/h4-5,7-10,13-15,24,39-40H,6,11-12,16-18H2,1-3H3,(H,41,47)(H,42,48). The zero-order valence-corrected chi connectivity index (χ0v) is 29.4. The molecule has 1 unspecified atom stereocenters. The summed E-state index contributed by atoms with van der Waals surface area (Å²) in [7, 11) is 3.90. The van der Waals surface area contributed by atoms with Gasteiger partial charge < -0.3 is 30.2 Å². The first kappa shape index (κ1) is 37.2. The van der Waals surface area contributed by atoms with Gasteiger partial charge in [-0.25, -0.2) is 4.39 Å². The summed E-state index contributed by atoms with van der Waals surface area (Å²) in [6.07, 6.45) is 1.59.